The van der Waals surface area contributed by atoms with Gasteiger partial charge in [-0.1, -0.05) is 42.5 Å². The maximum absolute atomic E-state index is 9.50. The Bertz CT molecular complexity index is 473. The number of likely N-dealkylation sites (N-methyl/N-ethyl adjacent to an activating group) is 1. The summed E-state index contributed by atoms with van der Waals surface area (Å²) >= 11 is 0. The molecule has 0 fully saturated rings. The molecular formula is C15H18ClNO. The molecule has 2 nitrogen and oxygen atoms in total. The van der Waals surface area contributed by atoms with Crippen LogP contribution in [-0.2, 0) is 6.42 Å². The summed E-state index contributed by atoms with van der Waals surface area (Å²) in [6, 6.07) is 18.0. The number of phenolic OH excluding ortho intramolecular Hbond substituents is 1. The normalized spacial score (nSPS) is 11.6. The van der Waals surface area contributed by atoms with E-state index in [1.165, 1.54) is 5.56 Å². The van der Waals surface area contributed by atoms with E-state index in [-0.39, 0.29) is 18.4 Å². The number of benzene rings is 2. The standard InChI is InChI=1S/C15H17NO.ClH/c1-16-15(10-12-6-3-2-4-7-12)13-8-5-9-14(17)11-13;/h2-9,11,15-17H,10H2,1H3;1H. The number of hydrogen-bond acceptors (Lipinski definition) is 2. The zero-order valence-electron chi connectivity index (χ0n) is 10.3. The van der Waals surface area contributed by atoms with Gasteiger partial charge in [0.05, 0.1) is 0 Å². The first-order chi connectivity index (χ1) is 8.29. The lowest BCUT2D eigenvalue weighted by molar-refractivity contribution is 0.472. The van der Waals surface area contributed by atoms with Gasteiger partial charge in [-0.2, -0.15) is 0 Å². The summed E-state index contributed by atoms with van der Waals surface area (Å²) in [6.07, 6.45) is 0.917. The molecule has 0 bridgehead atoms. The predicted molar refractivity (Wildman–Crippen MR) is 77.3 cm³/mol. The van der Waals surface area contributed by atoms with Crippen molar-refractivity contribution in [2.75, 3.05) is 7.05 Å². The maximum Gasteiger partial charge on any atom is 0.115 e. The van der Waals surface area contributed by atoms with Crippen LogP contribution in [0.4, 0.5) is 0 Å². The molecule has 2 N–H and O–H groups in total. The van der Waals surface area contributed by atoms with Gasteiger partial charge in [-0.05, 0) is 36.7 Å². The van der Waals surface area contributed by atoms with Gasteiger partial charge in [0, 0.05) is 6.04 Å². The highest BCUT2D eigenvalue weighted by molar-refractivity contribution is 5.85. The van der Waals surface area contributed by atoms with Crippen molar-refractivity contribution >= 4 is 12.4 Å². The number of rotatable bonds is 4. The van der Waals surface area contributed by atoms with Gasteiger partial charge in [-0.25, -0.2) is 0 Å². The fraction of sp³-hybridized carbons (Fsp3) is 0.200. The first-order valence-corrected chi connectivity index (χ1v) is 5.79. The van der Waals surface area contributed by atoms with Crippen molar-refractivity contribution in [2.24, 2.45) is 0 Å². The van der Waals surface area contributed by atoms with Crippen molar-refractivity contribution in [1.29, 1.82) is 0 Å². The van der Waals surface area contributed by atoms with Crippen LogP contribution in [0, 0.1) is 0 Å². The van der Waals surface area contributed by atoms with Crippen molar-refractivity contribution in [3.63, 3.8) is 0 Å². The monoisotopic (exact) mass is 263 g/mol. The van der Waals surface area contributed by atoms with E-state index >= 15 is 0 Å². The van der Waals surface area contributed by atoms with E-state index < -0.39 is 0 Å². The van der Waals surface area contributed by atoms with Gasteiger partial charge >= 0.3 is 0 Å². The van der Waals surface area contributed by atoms with Crippen molar-refractivity contribution in [3.05, 3.63) is 65.7 Å². The topological polar surface area (TPSA) is 32.3 Å². The fourth-order valence-corrected chi connectivity index (χ4v) is 1.98. The van der Waals surface area contributed by atoms with Gasteiger partial charge in [0.2, 0.25) is 0 Å². The third-order valence-corrected chi connectivity index (χ3v) is 2.90. The third-order valence-electron chi connectivity index (χ3n) is 2.90. The number of aromatic hydroxyl groups is 1. The lowest BCUT2D eigenvalue weighted by Gasteiger charge is -2.17. The molecule has 2 rings (SSSR count). The average Bonchev–Trinajstić information content (AvgIpc) is 2.37. The first-order valence-electron chi connectivity index (χ1n) is 5.79. The molecule has 2 aromatic rings. The van der Waals surface area contributed by atoms with Gasteiger partial charge in [0.15, 0.2) is 0 Å². The van der Waals surface area contributed by atoms with Gasteiger partial charge in [0.1, 0.15) is 5.75 Å². The summed E-state index contributed by atoms with van der Waals surface area (Å²) in [7, 11) is 1.94. The molecule has 18 heavy (non-hydrogen) atoms. The Labute approximate surface area is 114 Å². The molecule has 3 heteroatoms. The lowest BCUT2D eigenvalue weighted by atomic mass is 9.99. The molecule has 0 aromatic heterocycles. The van der Waals surface area contributed by atoms with Gasteiger partial charge in [0.25, 0.3) is 0 Å². The first kappa shape index (κ1) is 14.6. The van der Waals surface area contributed by atoms with Gasteiger partial charge < -0.3 is 10.4 Å². The number of halogens is 1. The average molecular weight is 264 g/mol. The molecule has 0 spiro atoms. The summed E-state index contributed by atoms with van der Waals surface area (Å²) < 4.78 is 0. The van der Waals surface area contributed by atoms with Crippen LogP contribution in [0.5, 0.6) is 5.75 Å². The number of nitrogens with one attached hydrogen (secondary N) is 1. The molecule has 2 aromatic carbocycles. The molecule has 0 aliphatic carbocycles. The minimum atomic E-state index is 0. The molecule has 0 radical (unpaired) electrons. The van der Waals surface area contributed by atoms with Crippen molar-refractivity contribution in [3.8, 4) is 5.75 Å². The SMILES string of the molecule is CNC(Cc1ccccc1)c1cccc(O)c1.Cl. The minimum absolute atomic E-state index is 0. The summed E-state index contributed by atoms with van der Waals surface area (Å²) in [4.78, 5) is 0. The molecule has 0 heterocycles. The van der Waals surface area contributed by atoms with Crippen LogP contribution >= 0.6 is 12.4 Å². The number of phenols is 1. The number of hydrogen-bond donors (Lipinski definition) is 2. The fourth-order valence-electron chi connectivity index (χ4n) is 1.98. The summed E-state index contributed by atoms with van der Waals surface area (Å²) in [5.74, 6) is 0.316. The zero-order chi connectivity index (χ0) is 12.1. The van der Waals surface area contributed by atoms with E-state index in [0.717, 1.165) is 12.0 Å². The van der Waals surface area contributed by atoms with E-state index in [0.29, 0.717) is 5.75 Å². The molecule has 0 aliphatic rings. The Hall–Kier alpha value is -1.51. The van der Waals surface area contributed by atoms with Crippen LogP contribution in [0.3, 0.4) is 0 Å². The molecule has 0 saturated heterocycles. The van der Waals surface area contributed by atoms with E-state index in [9.17, 15) is 5.11 Å². The van der Waals surface area contributed by atoms with Crippen molar-refractivity contribution < 1.29 is 5.11 Å². The smallest absolute Gasteiger partial charge is 0.115 e. The molecular weight excluding hydrogens is 246 g/mol. The minimum Gasteiger partial charge on any atom is -0.508 e. The quantitative estimate of drug-likeness (QED) is 0.887. The largest absolute Gasteiger partial charge is 0.508 e. The van der Waals surface area contributed by atoms with Crippen LogP contribution in [0.25, 0.3) is 0 Å². The van der Waals surface area contributed by atoms with E-state index in [2.05, 4.69) is 17.4 Å². The van der Waals surface area contributed by atoms with E-state index in [4.69, 9.17) is 0 Å². The van der Waals surface area contributed by atoms with Crippen molar-refractivity contribution in [2.45, 2.75) is 12.5 Å². The predicted octanol–water partition coefficient (Wildman–Crippen LogP) is 3.32. The highest BCUT2D eigenvalue weighted by Crippen LogP contribution is 2.21. The Morgan fingerprint density at radius 2 is 1.78 bits per heavy atom. The Morgan fingerprint density at radius 1 is 1.06 bits per heavy atom. The van der Waals surface area contributed by atoms with Crippen LogP contribution in [-0.4, -0.2) is 12.2 Å². The lowest BCUT2D eigenvalue weighted by Crippen LogP contribution is -2.18. The summed E-state index contributed by atoms with van der Waals surface area (Å²) in [5, 5.41) is 12.8. The highest BCUT2D eigenvalue weighted by Gasteiger charge is 2.10. The van der Waals surface area contributed by atoms with Crippen molar-refractivity contribution in [1.82, 2.24) is 5.32 Å². The summed E-state index contributed by atoms with van der Waals surface area (Å²) in [5.41, 5.74) is 2.39. The van der Waals surface area contributed by atoms with Crippen LogP contribution in [0.15, 0.2) is 54.6 Å². The molecule has 1 atom stereocenters. The van der Waals surface area contributed by atoms with Crippen LogP contribution in [0.2, 0.25) is 0 Å². The van der Waals surface area contributed by atoms with Gasteiger partial charge in [-0.3, -0.25) is 0 Å². The van der Waals surface area contributed by atoms with Gasteiger partial charge in [-0.15, -0.1) is 12.4 Å². The third kappa shape index (κ3) is 3.76. The molecule has 1 unspecified atom stereocenters. The zero-order valence-corrected chi connectivity index (χ0v) is 11.2. The second-order valence-corrected chi connectivity index (χ2v) is 4.13. The second-order valence-electron chi connectivity index (χ2n) is 4.13. The molecule has 0 saturated carbocycles. The van der Waals surface area contributed by atoms with Crippen LogP contribution in [0.1, 0.15) is 17.2 Å². The molecule has 0 amide bonds. The van der Waals surface area contributed by atoms with E-state index in [1.807, 2.05) is 43.4 Å². The molecule has 0 aliphatic heterocycles. The Morgan fingerprint density at radius 3 is 2.39 bits per heavy atom. The van der Waals surface area contributed by atoms with E-state index in [1.54, 1.807) is 6.07 Å². The molecule has 96 valence electrons. The maximum atomic E-state index is 9.50. The van der Waals surface area contributed by atoms with Crippen LogP contribution < -0.4 is 5.32 Å². The highest BCUT2D eigenvalue weighted by atomic mass is 35.5. The summed E-state index contributed by atoms with van der Waals surface area (Å²) in [6.45, 7) is 0. The Kier molecular flexibility index (Phi) is 5.69. The Balaban J connectivity index is 0.00000162. The second kappa shape index (κ2) is 7.04.